The van der Waals surface area contributed by atoms with Gasteiger partial charge in [0.1, 0.15) is 0 Å². The summed E-state index contributed by atoms with van der Waals surface area (Å²) in [5.74, 6) is -1.93. The SMILES string of the molecule is CCCNCc1nc(C2CCCC(F)(F)C2)no1. The number of halogens is 2. The monoisotopic (exact) mass is 259 g/mol. The maximum absolute atomic E-state index is 13.3. The molecule has 1 aliphatic carbocycles. The van der Waals surface area contributed by atoms with E-state index in [1.54, 1.807) is 0 Å². The fourth-order valence-corrected chi connectivity index (χ4v) is 2.27. The highest BCUT2D eigenvalue weighted by atomic mass is 19.3. The number of nitrogens with zero attached hydrogens (tertiary/aromatic N) is 2. The molecule has 1 saturated carbocycles. The Bertz CT molecular complexity index is 381. The van der Waals surface area contributed by atoms with Crippen molar-refractivity contribution in [3.63, 3.8) is 0 Å². The molecule has 1 fully saturated rings. The van der Waals surface area contributed by atoms with Crippen LogP contribution in [0.3, 0.4) is 0 Å². The predicted octanol–water partition coefficient (Wildman–Crippen LogP) is 2.86. The van der Waals surface area contributed by atoms with Crippen LogP contribution in [0.1, 0.15) is 56.7 Å². The molecule has 1 unspecified atom stereocenters. The Morgan fingerprint density at radius 1 is 1.50 bits per heavy atom. The summed E-state index contributed by atoms with van der Waals surface area (Å²) in [5, 5.41) is 6.96. The van der Waals surface area contributed by atoms with Crippen LogP contribution < -0.4 is 5.32 Å². The maximum atomic E-state index is 13.3. The van der Waals surface area contributed by atoms with Crippen molar-refractivity contribution in [1.29, 1.82) is 0 Å². The predicted molar refractivity (Wildman–Crippen MR) is 62.5 cm³/mol. The summed E-state index contributed by atoms with van der Waals surface area (Å²) in [6.07, 6.45) is 2.09. The molecular weight excluding hydrogens is 240 g/mol. The zero-order valence-corrected chi connectivity index (χ0v) is 10.6. The average Bonchev–Trinajstić information content (AvgIpc) is 2.77. The molecule has 1 heterocycles. The van der Waals surface area contributed by atoms with Gasteiger partial charge in [0.2, 0.25) is 11.8 Å². The fourth-order valence-electron chi connectivity index (χ4n) is 2.27. The molecule has 1 aromatic heterocycles. The van der Waals surface area contributed by atoms with E-state index in [2.05, 4.69) is 22.4 Å². The van der Waals surface area contributed by atoms with Crippen LogP contribution in [0.2, 0.25) is 0 Å². The Morgan fingerprint density at radius 2 is 2.33 bits per heavy atom. The first kappa shape index (κ1) is 13.4. The Balaban J connectivity index is 1.92. The molecule has 0 amide bonds. The van der Waals surface area contributed by atoms with E-state index < -0.39 is 5.92 Å². The molecule has 102 valence electrons. The van der Waals surface area contributed by atoms with Crippen LogP contribution in [0.4, 0.5) is 8.78 Å². The second kappa shape index (κ2) is 5.73. The lowest BCUT2D eigenvalue weighted by Gasteiger charge is -2.26. The van der Waals surface area contributed by atoms with Crippen LogP contribution in [-0.2, 0) is 6.54 Å². The summed E-state index contributed by atoms with van der Waals surface area (Å²) in [4.78, 5) is 4.20. The highest BCUT2D eigenvalue weighted by Gasteiger charge is 2.38. The zero-order chi connectivity index (χ0) is 13.0. The molecule has 1 atom stereocenters. The van der Waals surface area contributed by atoms with Gasteiger partial charge in [-0.05, 0) is 25.8 Å². The van der Waals surface area contributed by atoms with Crippen LogP contribution in [0, 0.1) is 0 Å². The standard InChI is InChI=1S/C12H19F2N3O/c1-2-6-15-8-10-16-11(17-18-10)9-4-3-5-12(13,14)7-9/h9,15H,2-8H2,1H3. The number of alkyl halides is 2. The van der Waals surface area contributed by atoms with Gasteiger partial charge < -0.3 is 9.84 Å². The van der Waals surface area contributed by atoms with Crippen LogP contribution in [-0.4, -0.2) is 22.6 Å². The van der Waals surface area contributed by atoms with Gasteiger partial charge in [0.05, 0.1) is 6.54 Å². The quantitative estimate of drug-likeness (QED) is 0.826. The third-order valence-corrected chi connectivity index (χ3v) is 3.19. The Kier molecular flexibility index (Phi) is 4.27. The fraction of sp³-hybridized carbons (Fsp3) is 0.833. The molecule has 0 radical (unpaired) electrons. The van der Waals surface area contributed by atoms with Crippen molar-refractivity contribution in [3.8, 4) is 0 Å². The number of hydrogen-bond donors (Lipinski definition) is 1. The number of hydrogen-bond acceptors (Lipinski definition) is 4. The van der Waals surface area contributed by atoms with E-state index in [4.69, 9.17) is 4.52 Å². The molecule has 0 saturated heterocycles. The summed E-state index contributed by atoms with van der Waals surface area (Å²) in [6.45, 7) is 3.44. The molecule has 2 rings (SSSR count). The van der Waals surface area contributed by atoms with Gasteiger partial charge in [0, 0.05) is 18.8 Å². The Hall–Kier alpha value is -1.04. The molecule has 6 heteroatoms. The van der Waals surface area contributed by atoms with Crippen molar-refractivity contribution < 1.29 is 13.3 Å². The van der Waals surface area contributed by atoms with E-state index in [1.165, 1.54) is 0 Å². The second-order valence-corrected chi connectivity index (χ2v) is 4.87. The molecule has 4 nitrogen and oxygen atoms in total. The van der Waals surface area contributed by atoms with E-state index in [1.807, 2.05) is 0 Å². The van der Waals surface area contributed by atoms with Gasteiger partial charge in [-0.3, -0.25) is 0 Å². The van der Waals surface area contributed by atoms with Gasteiger partial charge in [-0.2, -0.15) is 4.98 Å². The maximum Gasteiger partial charge on any atom is 0.248 e. The Morgan fingerprint density at radius 3 is 3.06 bits per heavy atom. The van der Waals surface area contributed by atoms with Gasteiger partial charge in [-0.25, -0.2) is 8.78 Å². The van der Waals surface area contributed by atoms with Gasteiger partial charge in [-0.15, -0.1) is 0 Å². The normalized spacial score (nSPS) is 23.2. The minimum Gasteiger partial charge on any atom is -0.338 e. The minimum absolute atomic E-state index is 0.0216. The lowest BCUT2D eigenvalue weighted by atomic mass is 9.86. The van der Waals surface area contributed by atoms with Gasteiger partial charge >= 0.3 is 0 Å². The molecular formula is C12H19F2N3O. The highest BCUT2D eigenvalue weighted by Crippen LogP contribution is 2.40. The first-order chi connectivity index (χ1) is 8.61. The Labute approximate surface area is 105 Å². The van der Waals surface area contributed by atoms with Gasteiger partial charge in [0.25, 0.3) is 0 Å². The smallest absolute Gasteiger partial charge is 0.248 e. The van der Waals surface area contributed by atoms with Crippen LogP contribution in [0.5, 0.6) is 0 Å². The summed E-state index contributed by atoms with van der Waals surface area (Å²) < 4.78 is 31.7. The van der Waals surface area contributed by atoms with Crippen LogP contribution >= 0.6 is 0 Å². The molecule has 0 aromatic carbocycles. The van der Waals surface area contributed by atoms with E-state index in [-0.39, 0.29) is 18.8 Å². The summed E-state index contributed by atoms with van der Waals surface area (Å²) in [5.41, 5.74) is 0. The first-order valence-electron chi connectivity index (χ1n) is 6.52. The van der Waals surface area contributed by atoms with Crippen molar-refractivity contribution in [2.45, 2.75) is 57.4 Å². The highest BCUT2D eigenvalue weighted by molar-refractivity contribution is 4.99. The lowest BCUT2D eigenvalue weighted by Crippen LogP contribution is -2.25. The first-order valence-corrected chi connectivity index (χ1v) is 6.52. The summed E-state index contributed by atoms with van der Waals surface area (Å²) in [7, 11) is 0. The molecule has 1 aromatic rings. The van der Waals surface area contributed by atoms with Gasteiger partial charge in [0.15, 0.2) is 5.82 Å². The van der Waals surface area contributed by atoms with Crippen molar-refractivity contribution >= 4 is 0 Å². The van der Waals surface area contributed by atoms with Crippen LogP contribution in [0.15, 0.2) is 4.52 Å². The largest absolute Gasteiger partial charge is 0.338 e. The number of nitrogens with one attached hydrogen (secondary N) is 1. The summed E-state index contributed by atoms with van der Waals surface area (Å²) in [6, 6.07) is 0. The molecule has 1 N–H and O–H groups in total. The lowest BCUT2D eigenvalue weighted by molar-refractivity contribution is -0.0418. The molecule has 1 aliphatic rings. The molecule has 0 spiro atoms. The molecule has 0 bridgehead atoms. The topological polar surface area (TPSA) is 51.0 Å². The average molecular weight is 259 g/mol. The van der Waals surface area contributed by atoms with E-state index in [9.17, 15) is 8.78 Å². The van der Waals surface area contributed by atoms with Crippen molar-refractivity contribution in [1.82, 2.24) is 15.5 Å². The molecule has 0 aliphatic heterocycles. The number of aromatic nitrogens is 2. The third kappa shape index (κ3) is 3.48. The van der Waals surface area contributed by atoms with Crippen molar-refractivity contribution in [2.75, 3.05) is 6.54 Å². The van der Waals surface area contributed by atoms with Gasteiger partial charge in [-0.1, -0.05) is 12.1 Å². The zero-order valence-electron chi connectivity index (χ0n) is 10.6. The number of rotatable bonds is 5. The third-order valence-electron chi connectivity index (χ3n) is 3.19. The van der Waals surface area contributed by atoms with Crippen molar-refractivity contribution in [3.05, 3.63) is 11.7 Å². The van der Waals surface area contributed by atoms with Crippen molar-refractivity contribution in [2.24, 2.45) is 0 Å². The van der Waals surface area contributed by atoms with E-state index >= 15 is 0 Å². The van der Waals surface area contributed by atoms with Crippen LogP contribution in [0.25, 0.3) is 0 Å². The summed E-state index contributed by atoms with van der Waals surface area (Å²) >= 11 is 0. The second-order valence-electron chi connectivity index (χ2n) is 4.87. The minimum atomic E-state index is -2.58. The molecule has 18 heavy (non-hydrogen) atoms. The van der Waals surface area contributed by atoms with E-state index in [0.29, 0.717) is 24.7 Å². The van der Waals surface area contributed by atoms with E-state index in [0.717, 1.165) is 19.4 Å².